The second kappa shape index (κ2) is 15.6. The SMILES string of the molecule is CCCCCC(CCCCC)CC(=O)NCC12CC3CC(CNC(=O)CC45CCC(CC4)CC5)(C1)CC(CNC(=O)C14CCN(CC1)CC4)(C3)C2. The van der Waals surface area contributed by atoms with Crippen LogP contribution in [0.4, 0.5) is 0 Å². The predicted octanol–water partition coefficient (Wildman–Crippen LogP) is 8.31. The molecular weight excluding hydrogens is 633 g/mol. The molecule has 51 heavy (non-hydrogen) atoms. The van der Waals surface area contributed by atoms with Gasteiger partial charge in [-0.2, -0.15) is 0 Å². The minimum Gasteiger partial charge on any atom is -0.356 e. The van der Waals surface area contributed by atoms with Gasteiger partial charge in [0, 0.05) is 32.5 Å². The fourth-order valence-corrected chi connectivity index (χ4v) is 13.9. The first-order chi connectivity index (χ1) is 24.6. The molecule has 0 aromatic rings. The van der Waals surface area contributed by atoms with Gasteiger partial charge in [-0.3, -0.25) is 14.4 Å². The van der Waals surface area contributed by atoms with Crippen molar-refractivity contribution in [1.82, 2.24) is 20.9 Å². The zero-order chi connectivity index (χ0) is 35.6. The van der Waals surface area contributed by atoms with Gasteiger partial charge in [0.25, 0.3) is 0 Å². The molecule has 10 aliphatic rings. The van der Waals surface area contributed by atoms with Gasteiger partial charge < -0.3 is 20.9 Å². The van der Waals surface area contributed by atoms with E-state index < -0.39 is 0 Å². The Hall–Kier alpha value is -1.63. The van der Waals surface area contributed by atoms with E-state index in [4.69, 9.17) is 0 Å². The first-order valence-corrected chi connectivity index (χ1v) is 22.1. The van der Waals surface area contributed by atoms with Crippen molar-refractivity contribution >= 4 is 17.7 Å². The Morgan fingerprint density at radius 2 is 1.10 bits per heavy atom. The van der Waals surface area contributed by atoms with Crippen LogP contribution in [0.5, 0.6) is 0 Å². The largest absolute Gasteiger partial charge is 0.356 e. The fourth-order valence-electron chi connectivity index (χ4n) is 13.9. The minimum absolute atomic E-state index is 0.0549. The topological polar surface area (TPSA) is 90.5 Å². The van der Waals surface area contributed by atoms with Crippen molar-refractivity contribution in [3.05, 3.63) is 0 Å². The van der Waals surface area contributed by atoms with Crippen molar-refractivity contribution in [2.75, 3.05) is 39.3 Å². The average molecular weight is 707 g/mol. The Morgan fingerprint density at radius 3 is 1.61 bits per heavy atom. The number of amides is 3. The summed E-state index contributed by atoms with van der Waals surface area (Å²) >= 11 is 0. The van der Waals surface area contributed by atoms with Gasteiger partial charge in [-0.05, 0) is 168 Å². The van der Waals surface area contributed by atoms with Gasteiger partial charge in [0.1, 0.15) is 0 Å². The molecule has 8 bridgehead atoms. The van der Waals surface area contributed by atoms with Gasteiger partial charge in [0.05, 0.1) is 5.41 Å². The monoisotopic (exact) mass is 707 g/mol. The molecule has 3 heterocycles. The molecule has 0 spiro atoms. The summed E-state index contributed by atoms with van der Waals surface area (Å²) in [6, 6.07) is 0. The van der Waals surface area contributed by atoms with Crippen LogP contribution in [-0.2, 0) is 14.4 Å². The average Bonchev–Trinajstić information content (AvgIpc) is 3.13. The van der Waals surface area contributed by atoms with Crippen molar-refractivity contribution < 1.29 is 14.4 Å². The van der Waals surface area contributed by atoms with Crippen LogP contribution in [0.2, 0.25) is 0 Å². The molecule has 7 saturated carbocycles. The highest BCUT2D eigenvalue weighted by Crippen LogP contribution is 2.69. The maximum absolute atomic E-state index is 14.0. The molecule has 3 N–H and O–H groups in total. The van der Waals surface area contributed by atoms with E-state index in [1.807, 2.05) is 0 Å². The van der Waals surface area contributed by atoms with E-state index in [0.29, 0.717) is 30.6 Å². The van der Waals surface area contributed by atoms with E-state index in [9.17, 15) is 14.4 Å². The Bertz CT molecular complexity index is 1200. The molecule has 10 fully saturated rings. The second-order valence-corrected chi connectivity index (χ2v) is 20.3. The molecule has 0 radical (unpaired) electrons. The van der Waals surface area contributed by atoms with Crippen molar-refractivity contribution in [1.29, 1.82) is 0 Å². The molecule has 7 heteroatoms. The number of carbonyl (C=O) groups is 3. The lowest BCUT2D eigenvalue weighted by Crippen LogP contribution is -2.64. The summed E-state index contributed by atoms with van der Waals surface area (Å²) in [5.74, 6) is 2.83. The van der Waals surface area contributed by atoms with Crippen LogP contribution in [0, 0.1) is 44.8 Å². The summed E-state index contributed by atoms with van der Waals surface area (Å²) in [7, 11) is 0. The lowest BCUT2D eigenvalue weighted by molar-refractivity contribution is -0.162. The molecule has 288 valence electrons. The molecule has 7 aliphatic carbocycles. The maximum Gasteiger partial charge on any atom is 0.226 e. The molecule has 3 aliphatic heterocycles. The number of nitrogens with zero attached hydrogens (tertiary/aromatic N) is 1. The third-order valence-electron chi connectivity index (χ3n) is 16.3. The lowest BCUT2D eigenvalue weighted by atomic mass is 9.39. The van der Waals surface area contributed by atoms with Crippen LogP contribution in [0.15, 0.2) is 0 Å². The number of rotatable bonds is 19. The van der Waals surface area contributed by atoms with Crippen LogP contribution >= 0.6 is 0 Å². The van der Waals surface area contributed by atoms with E-state index >= 15 is 0 Å². The van der Waals surface area contributed by atoms with E-state index in [1.54, 1.807) is 0 Å². The number of carbonyl (C=O) groups excluding carboxylic acids is 3. The quantitative estimate of drug-likeness (QED) is 0.118. The number of piperidine rings is 3. The highest BCUT2D eigenvalue weighted by Gasteiger charge is 2.63. The Labute approximate surface area is 310 Å². The summed E-state index contributed by atoms with van der Waals surface area (Å²) in [5.41, 5.74) is 0.247. The van der Waals surface area contributed by atoms with Gasteiger partial charge >= 0.3 is 0 Å². The van der Waals surface area contributed by atoms with E-state index in [0.717, 1.165) is 83.7 Å². The summed E-state index contributed by atoms with van der Waals surface area (Å²) in [5, 5.41) is 10.7. The number of hydrogen-bond donors (Lipinski definition) is 3. The Morgan fingerprint density at radius 1 is 0.608 bits per heavy atom. The third kappa shape index (κ3) is 8.54. The van der Waals surface area contributed by atoms with Crippen molar-refractivity contribution in [2.45, 2.75) is 174 Å². The first-order valence-electron chi connectivity index (χ1n) is 22.1. The summed E-state index contributed by atoms with van der Waals surface area (Å²) in [6.07, 6.45) is 28.6. The van der Waals surface area contributed by atoms with E-state index in [-0.39, 0.29) is 38.9 Å². The molecule has 10 rings (SSSR count). The van der Waals surface area contributed by atoms with E-state index in [2.05, 4.69) is 34.7 Å². The van der Waals surface area contributed by atoms with Gasteiger partial charge in [0.15, 0.2) is 0 Å². The van der Waals surface area contributed by atoms with Crippen LogP contribution in [0.25, 0.3) is 0 Å². The molecule has 3 saturated heterocycles. The fraction of sp³-hybridized carbons (Fsp3) is 0.932. The number of unbranched alkanes of at least 4 members (excludes halogenated alkanes) is 4. The maximum atomic E-state index is 14.0. The van der Waals surface area contributed by atoms with Gasteiger partial charge in [-0.15, -0.1) is 0 Å². The van der Waals surface area contributed by atoms with Gasteiger partial charge in [-0.25, -0.2) is 0 Å². The molecule has 7 nitrogen and oxygen atoms in total. The highest BCUT2D eigenvalue weighted by atomic mass is 16.2. The van der Waals surface area contributed by atoms with Gasteiger partial charge in [-0.1, -0.05) is 52.4 Å². The lowest BCUT2D eigenvalue weighted by Gasteiger charge is -2.67. The van der Waals surface area contributed by atoms with Crippen LogP contribution < -0.4 is 16.0 Å². The molecular formula is C44H74N4O3. The summed E-state index contributed by atoms with van der Waals surface area (Å²) in [4.78, 5) is 43.8. The molecule has 3 amide bonds. The molecule has 4 unspecified atom stereocenters. The predicted molar refractivity (Wildman–Crippen MR) is 205 cm³/mol. The van der Waals surface area contributed by atoms with Crippen molar-refractivity contribution in [2.24, 2.45) is 44.8 Å². The van der Waals surface area contributed by atoms with Crippen LogP contribution in [0.3, 0.4) is 0 Å². The second-order valence-electron chi connectivity index (χ2n) is 20.3. The molecule has 0 aromatic heterocycles. The first kappa shape index (κ1) is 37.7. The summed E-state index contributed by atoms with van der Waals surface area (Å²) in [6.45, 7) is 10.00. The Balaban J connectivity index is 1.03. The molecule has 0 aromatic carbocycles. The van der Waals surface area contributed by atoms with Crippen LogP contribution in [-0.4, -0.2) is 61.9 Å². The van der Waals surface area contributed by atoms with Crippen molar-refractivity contribution in [3.8, 4) is 0 Å². The smallest absolute Gasteiger partial charge is 0.226 e. The standard InChI is InChI=1S/C44H74N4O3/c1-3-5-7-9-35(10-8-6-4-2)23-37(49)45-31-41-24-36-25-42(28-41,32-46-38(50)27-40-14-11-34(12-15-40)13-16-40)30-43(26-36,29-41)33-47-39(51)44-17-20-48(21-18-44)22-19-44/h34-36H,3-33H2,1-2H3,(H,45,49)(H,46,50)(H,47,51). The van der Waals surface area contributed by atoms with E-state index in [1.165, 1.54) is 109 Å². The zero-order valence-electron chi connectivity index (χ0n) is 32.8. The van der Waals surface area contributed by atoms with Gasteiger partial charge in [0.2, 0.25) is 17.7 Å². The Kier molecular flexibility index (Phi) is 11.5. The normalized spacial score (nSPS) is 39.0. The highest BCUT2D eigenvalue weighted by molar-refractivity contribution is 5.83. The number of fused-ring (bicyclic) bond motifs is 6. The zero-order valence-corrected chi connectivity index (χ0v) is 32.8. The van der Waals surface area contributed by atoms with Crippen molar-refractivity contribution in [3.63, 3.8) is 0 Å². The number of nitrogens with one attached hydrogen (secondary N) is 3. The third-order valence-corrected chi connectivity index (χ3v) is 16.3. The van der Waals surface area contributed by atoms with Crippen LogP contribution in [0.1, 0.15) is 174 Å². The minimum atomic E-state index is -0.170. The number of hydrogen-bond acceptors (Lipinski definition) is 4. The summed E-state index contributed by atoms with van der Waals surface area (Å²) < 4.78 is 0. The molecule has 4 atom stereocenters.